The summed E-state index contributed by atoms with van der Waals surface area (Å²) in [4.78, 5) is 14.9. The minimum Gasteiger partial charge on any atom is -0.496 e. The standard InChI is InChI=1S/C14H12FNO3/c1-19-13-3-2-11(15)7-10(13)6-9-4-5-16-8-12(9)14(17)18/h2-5,7-8H,6H2,1H3,(H,17,18). The van der Waals surface area contributed by atoms with Gasteiger partial charge in [0, 0.05) is 24.4 Å². The van der Waals surface area contributed by atoms with Gasteiger partial charge in [0.15, 0.2) is 0 Å². The van der Waals surface area contributed by atoms with Crippen LogP contribution in [0.1, 0.15) is 21.5 Å². The minimum atomic E-state index is -1.06. The van der Waals surface area contributed by atoms with Crippen LogP contribution >= 0.6 is 0 Å². The van der Waals surface area contributed by atoms with Crippen molar-refractivity contribution in [3.05, 3.63) is 59.2 Å². The topological polar surface area (TPSA) is 59.4 Å². The Morgan fingerprint density at radius 1 is 1.37 bits per heavy atom. The molecule has 0 aliphatic rings. The molecular weight excluding hydrogens is 249 g/mol. The molecule has 0 fully saturated rings. The number of ether oxygens (including phenoxy) is 1. The molecular formula is C14H12FNO3. The molecule has 2 rings (SSSR count). The molecule has 2 aromatic rings. The first-order valence-electron chi connectivity index (χ1n) is 5.60. The average Bonchev–Trinajstić information content (AvgIpc) is 2.39. The Bertz CT molecular complexity index is 613. The molecule has 1 aromatic heterocycles. The van der Waals surface area contributed by atoms with E-state index in [1.807, 2.05) is 0 Å². The van der Waals surface area contributed by atoms with Gasteiger partial charge in [-0.1, -0.05) is 0 Å². The van der Waals surface area contributed by atoms with Crippen molar-refractivity contribution in [1.29, 1.82) is 0 Å². The van der Waals surface area contributed by atoms with Crippen LogP contribution in [0.3, 0.4) is 0 Å². The van der Waals surface area contributed by atoms with Crippen LogP contribution in [-0.2, 0) is 6.42 Å². The average molecular weight is 261 g/mol. The number of aromatic carboxylic acids is 1. The van der Waals surface area contributed by atoms with Crippen molar-refractivity contribution in [3.8, 4) is 5.75 Å². The van der Waals surface area contributed by atoms with E-state index in [1.165, 1.54) is 37.7 Å². The van der Waals surface area contributed by atoms with Gasteiger partial charge in [0.05, 0.1) is 12.7 Å². The zero-order chi connectivity index (χ0) is 13.8. The number of methoxy groups -OCH3 is 1. The first kappa shape index (κ1) is 13.0. The summed E-state index contributed by atoms with van der Waals surface area (Å²) in [5.74, 6) is -0.922. The van der Waals surface area contributed by atoms with E-state index >= 15 is 0 Å². The Hall–Kier alpha value is -2.43. The van der Waals surface area contributed by atoms with Gasteiger partial charge < -0.3 is 9.84 Å². The Kier molecular flexibility index (Phi) is 3.75. The molecule has 98 valence electrons. The lowest BCUT2D eigenvalue weighted by Crippen LogP contribution is -2.04. The molecule has 0 aliphatic heterocycles. The van der Waals surface area contributed by atoms with Crippen molar-refractivity contribution in [1.82, 2.24) is 4.98 Å². The van der Waals surface area contributed by atoms with Crippen LogP contribution in [0.2, 0.25) is 0 Å². The van der Waals surface area contributed by atoms with E-state index in [4.69, 9.17) is 9.84 Å². The molecule has 4 nitrogen and oxygen atoms in total. The summed E-state index contributed by atoms with van der Waals surface area (Å²) in [5, 5.41) is 9.08. The number of hydrogen-bond acceptors (Lipinski definition) is 3. The molecule has 1 N–H and O–H groups in total. The van der Waals surface area contributed by atoms with E-state index in [9.17, 15) is 9.18 Å². The molecule has 0 aliphatic carbocycles. The van der Waals surface area contributed by atoms with Crippen molar-refractivity contribution in [2.45, 2.75) is 6.42 Å². The van der Waals surface area contributed by atoms with E-state index in [2.05, 4.69) is 4.98 Å². The molecule has 0 radical (unpaired) electrons. The summed E-state index contributed by atoms with van der Waals surface area (Å²) in [6.45, 7) is 0. The number of halogens is 1. The van der Waals surface area contributed by atoms with Crippen molar-refractivity contribution in [2.75, 3.05) is 7.11 Å². The predicted molar refractivity (Wildman–Crippen MR) is 67.0 cm³/mol. The second-order valence-electron chi connectivity index (χ2n) is 3.97. The molecule has 0 spiro atoms. The summed E-state index contributed by atoms with van der Waals surface area (Å²) in [5.41, 5.74) is 1.26. The van der Waals surface area contributed by atoms with Gasteiger partial charge in [-0.2, -0.15) is 0 Å². The maximum absolute atomic E-state index is 13.3. The molecule has 1 heterocycles. The number of benzene rings is 1. The third-order valence-corrected chi connectivity index (χ3v) is 2.77. The van der Waals surface area contributed by atoms with E-state index in [-0.39, 0.29) is 17.8 Å². The maximum Gasteiger partial charge on any atom is 0.337 e. The third kappa shape index (κ3) is 2.88. The number of carboxylic acids is 1. The van der Waals surface area contributed by atoms with Crippen LogP contribution in [0, 0.1) is 5.82 Å². The number of hydrogen-bond donors (Lipinski definition) is 1. The number of nitrogens with zero attached hydrogens (tertiary/aromatic N) is 1. The molecule has 0 unspecified atom stereocenters. The summed E-state index contributed by atoms with van der Waals surface area (Å²) < 4.78 is 18.4. The molecule has 1 aromatic carbocycles. The lowest BCUT2D eigenvalue weighted by Gasteiger charge is -2.10. The Morgan fingerprint density at radius 2 is 2.16 bits per heavy atom. The fourth-order valence-corrected chi connectivity index (χ4v) is 1.86. The fourth-order valence-electron chi connectivity index (χ4n) is 1.86. The predicted octanol–water partition coefficient (Wildman–Crippen LogP) is 2.52. The van der Waals surface area contributed by atoms with Crippen LogP contribution in [-0.4, -0.2) is 23.2 Å². The summed E-state index contributed by atoms with van der Waals surface area (Å²) >= 11 is 0. The monoisotopic (exact) mass is 261 g/mol. The summed E-state index contributed by atoms with van der Waals surface area (Å²) in [6.07, 6.45) is 3.06. The minimum absolute atomic E-state index is 0.105. The normalized spacial score (nSPS) is 10.2. The van der Waals surface area contributed by atoms with Gasteiger partial charge in [0.25, 0.3) is 0 Å². The highest BCUT2D eigenvalue weighted by atomic mass is 19.1. The van der Waals surface area contributed by atoms with Crippen molar-refractivity contribution in [3.63, 3.8) is 0 Å². The second-order valence-corrected chi connectivity index (χ2v) is 3.97. The lowest BCUT2D eigenvalue weighted by atomic mass is 10.0. The van der Waals surface area contributed by atoms with Gasteiger partial charge in [-0.25, -0.2) is 9.18 Å². The van der Waals surface area contributed by atoms with Crippen molar-refractivity contribution >= 4 is 5.97 Å². The first-order chi connectivity index (χ1) is 9.11. The van der Waals surface area contributed by atoms with Gasteiger partial charge in [0.2, 0.25) is 0 Å². The molecule has 19 heavy (non-hydrogen) atoms. The smallest absolute Gasteiger partial charge is 0.337 e. The van der Waals surface area contributed by atoms with Gasteiger partial charge in [-0.15, -0.1) is 0 Å². The fraction of sp³-hybridized carbons (Fsp3) is 0.143. The van der Waals surface area contributed by atoms with Gasteiger partial charge in [-0.3, -0.25) is 4.98 Å². The highest BCUT2D eigenvalue weighted by Gasteiger charge is 2.13. The van der Waals surface area contributed by atoms with Crippen LogP contribution in [0.4, 0.5) is 4.39 Å². The molecule has 5 heteroatoms. The summed E-state index contributed by atoms with van der Waals surface area (Å²) in [7, 11) is 1.49. The highest BCUT2D eigenvalue weighted by Crippen LogP contribution is 2.23. The van der Waals surface area contributed by atoms with Crippen LogP contribution < -0.4 is 4.74 Å². The number of pyridine rings is 1. The quantitative estimate of drug-likeness (QED) is 0.918. The van der Waals surface area contributed by atoms with Gasteiger partial charge in [0.1, 0.15) is 11.6 Å². The highest BCUT2D eigenvalue weighted by molar-refractivity contribution is 5.89. The largest absolute Gasteiger partial charge is 0.496 e. The molecule has 0 saturated carbocycles. The Labute approximate surface area is 109 Å². The van der Waals surface area contributed by atoms with Gasteiger partial charge >= 0.3 is 5.97 Å². The molecule has 0 bridgehead atoms. The zero-order valence-corrected chi connectivity index (χ0v) is 10.3. The molecule has 0 amide bonds. The number of carbonyl (C=O) groups is 1. The maximum atomic E-state index is 13.3. The number of carboxylic acid groups (broad SMARTS) is 1. The van der Waals surface area contributed by atoms with E-state index in [0.29, 0.717) is 16.9 Å². The zero-order valence-electron chi connectivity index (χ0n) is 10.3. The van der Waals surface area contributed by atoms with Crippen LogP contribution in [0.15, 0.2) is 36.7 Å². The second kappa shape index (κ2) is 5.48. The Balaban J connectivity index is 2.41. The van der Waals surface area contributed by atoms with Crippen molar-refractivity contribution in [2.24, 2.45) is 0 Å². The third-order valence-electron chi connectivity index (χ3n) is 2.77. The lowest BCUT2D eigenvalue weighted by molar-refractivity contribution is 0.0695. The summed E-state index contributed by atoms with van der Waals surface area (Å²) in [6, 6.07) is 5.76. The van der Waals surface area contributed by atoms with E-state index < -0.39 is 5.97 Å². The van der Waals surface area contributed by atoms with Gasteiger partial charge in [-0.05, 0) is 29.8 Å². The van der Waals surface area contributed by atoms with E-state index in [0.717, 1.165) is 0 Å². The molecule has 0 atom stereocenters. The number of aromatic nitrogens is 1. The molecule has 0 saturated heterocycles. The Morgan fingerprint density at radius 3 is 2.84 bits per heavy atom. The van der Waals surface area contributed by atoms with Crippen LogP contribution in [0.25, 0.3) is 0 Å². The first-order valence-corrected chi connectivity index (χ1v) is 5.60. The van der Waals surface area contributed by atoms with Crippen LogP contribution in [0.5, 0.6) is 5.75 Å². The van der Waals surface area contributed by atoms with Crippen molar-refractivity contribution < 1.29 is 19.0 Å². The van der Waals surface area contributed by atoms with E-state index in [1.54, 1.807) is 6.07 Å². The number of rotatable bonds is 4. The SMILES string of the molecule is COc1ccc(F)cc1Cc1ccncc1C(=O)O.